The van der Waals surface area contributed by atoms with Crippen LogP contribution >= 0.6 is 0 Å². The maximum Gasteiger partial charge on any atom is 0.329 e. The summed E-state index contributed by atoms with van der Waals surface area (Å²) < 4.78 is 1.63. The van der Waals surface area contributed by atoms with Crippen molar-refractivity contribution < 1.29 is 4.79 Å². The fraction of sp³-hybridized carbons (Fsp3) is 0.455. The average molecular weight is 262 g/mol. The summed E-state index contributed by atoms with van der Waals surface area (Å²) in [5, 5.41) is 0. The van der Waals surface area contributed by atoms with Crippen molar-refractivity contribution >= 4 is 17.3 Å². The van der Waals surface area contributed by atoms with Crippen LogP contribution in [0, 0.1) is 0 Å². The first-order valence-electron chi connectivity index (χ1n) is 6.12. The molecule has 0 saturated carbocycles. The van der Waals surface area contributed by atoms with E-state index in [9.17, 15) is 9.59 Å². The van der Waals surface area contributed by atoms with E-state index in [1.165, 1.54) is 6.20 Å². The number of carbonyl (C=O) groups is 1. The number of amides is 2. The molecule has 100 valence electrons. The summed E-state index contributed by atoms with van der Waals surface area (Å²) in [4.78, 5) is 35.6. The largest absolute Gasteiger partial charge is 0.351 e. The number of nitrogens with one attached hydrogen (secondary N) is 1. The van der Waals surface area contributed by atoms with Gasteiger partial charge >= 0.3 is 11.7 Å². The van der Waals surface area contributed by atoms with Crippen molar-refractivity contribution in [2.45, 2.75) is 18.9 Å². The van der Waals surface area contributed by atoms with E-state index in [4.69, 9.17) is 5.73 Å². The SMILES string of the molecule is NC(=O)N1CCC(n2c(=O)[nH]c3nccnc32)CC1. The Morgan fingerprint density at radius 3 is 2.68 bits per heavy atom. The standard InChI is InChI=1S/C11H14N6O2/c12-10(18)16-5-1-7(2-6-16)17-9-8(15-11(17)19)13-3-4-14-9/h3-4,7H,1-2,5-6H2,(H2,12,18)(H,13,15,19). The maximum atomic E-state index is 12.0. The Hall–Kier alpha value is -2.38. The minimum atomic E-state index is -0.412. The fourth-order valence-corrected chi connectivity index (χ4v) is 2.54. The van der Waals surface area contributed by atoms with Crippen molar-refractivity contribution in [3.63, 3.8) is 0 Å². The molecule has 0 atom stereocenters. The number of rotatable bonds is 1. The second-order valence-corrected chi connectivity index (χ2v) is 4.59. The molecule has 2 amide bonds. The number of hydrogen-bond acceptors (Lipinski definition) is 4. The number of aromatic amines is 1. The van der Waals surface area contributed by atoms with Crippen molar-refractivity contribution in [1.82, 2.24) is 24.4 Å². The summed E-state index contributed by atoms with van der Waals surface area (Å²) >= 11 is 0. The number of aromatic nitrogens is 4. The van der Waals surface area contributed by atoms with Crippen LogP contribution in [0.5, 0.6) is 0 Å². The molecule has 3 rings (SSSR count). The summed E-state index contributed by atoms with van der Waals surface area (Å²) in [6, 6.07) is -0.391. The van der Waals surface area contributed by atoms with E-state index in [-0.39, 0.29) is 11.7 Å². The first-order valence-corrected chi connectivity index (χ1v) is 6.12. The summed E-state index contributed by atoms with van der Waals surface area (Å²) in [5.41, 5.74) is 6.08. The Kier molecular flexibility index (Phi) is 2.69. The minimum absolute atomic E-state index is 0.0218. The van der Waals surface area contributed by atoms with Gasteiger partial charge in [0.2, 0.25) is 0 Å². The van der Waals surface area contributed by atoms with Gasteiger partial charge in [-0.3, -0.25) is 9.55 Å². The van der Waals surface area contributed by atoms with Gasteiger partial charge in [0.15, 0.2) is 11.3 Å². The van der Waals surface area contributed by atoms with E-state index >= 15 is 0 Å². The molecule has 8 heteroatoms. The Morgan fingerprint density at radius 2 is 2.00 bits per heavy atom. The van der Waals surface area contributed by atoms with Gasteiger partial charge in [-0.25, -0.2) is 19.6 Å². The molecular weight excluding hydrogens is 248 g/mol. The van der Waals surface area contributed by atoms with E-state index in [0.717, 1.165) is 0 Å². The van der Waals surface area contributed by atoms with Crippen LogP contribution in [0.4, 0.5) is 4.79 Å². The molecule has 0 aliphatic carbocycles. The number of H-pyrrole nitrogens is 1. The summed E-state index contributed by atoms with van der Waals surface area (Å²) in [6.45, 7) is 1.11. The molecule has 8 nitrogen and oxygen atoms in total. The zero-order valence-corrected chi connectivity index (χ0v) is 10.2. The third-order valence-electron chi connectivity index (χ3n) is 3.49. The lowest BCUT2D eigenvalue weighted by molar-refractivity contribution is 0.180. The van der Waals surface area contributed by atoms with E-state index in [1.54, 1.807) is 15.7 Å². The number of likely N-dealkylation sites (tertiary alicyclic amines) is 1. The Bertz CT molecular complexity index is 667. The van der Waals surface area contributed by atoms with Gasteiger partial charge in [0.25, 0.3) is 0 Å². The second kappa shape index (κ2) is 4.38. The molecule has 1 fully saturated rings. The number of piperidine rings is 1. The van der Waals surface area contributed by atoms with E-state index in [0.29, 0.717) is 37.2 Å². The molecule has 1 aliphatic rings. The van der Waals surface area contributed by atoms with Crippen LogP contribution in [0.15, 0.2) is 17.2 Å². The van der Waals surface area contributed by atoms with Gasteiger partial charge in [0.05, 0.1) is 0 Å². The topological polar surface area (TPSA) is 110 Å². The van der Waals surface area contributed by atoms with Gasteiger partial charge in [-0.1, -0.05) is 0 Å². The third kappa shape index (κ3) is 1.94. The van der Waals surface area contributed by atoms with Gasteiger partial charge in [-0.15, -0.1) is 0 Å². The second-order valence-electron chi connectivity index (χ2n) is 4.59. The number of imidazole rings is 1. The van der Waals surface area contributed by atoms with E-state index < -0.39 is 6.03 Å². The van der Waals surface area contributed by atoms with Crippen LogP contribution in [-0.2, 0) is 0 Å². The normalized spacial score (nSPS) is 16.9. The molecule has 0 aromatic carbocycles. The lowest BCUT2D eigenvalue weighted by atomic mass is 10.1. The highest BCUT2D eigenvalue weighted by Crippen LogP contribution is 2.23. The summed E-state index contributed by atoms with van der Waals surface area (Å²) in [5.74, 6) is 0. The van der Waals surface area contributed by atoms with Gasteiger partial charge in [-0.05, 0) is 12.8 Å². The smallest absolute Gasteiger partial charge is 0.329 e. The number of hydrogen-bond donors (Lipinski definition) is 2. The monoisotopic (exact) mass is 262 g/mol. The van der Waals surface area contributed by atoms with Gasteiger partial charge < -0.3 is 10.6 Å². The van der Waals surface area contributed by atoms with Crippen LogP contribution in [0.2, 0.25) is 0 Å². The summed E-state index contributed by atoms with van der Waals surface area (Å²) in [6.07, 6.45) is 4.47. The maximum absolute atomic E-state index is 12.0. The van der Waals surface area contributed by atoms with Gasteiger partial charge in [-0.2, -0.15) is 0 Å². The molecule has 0 spiro atoms. The van der Waals surface area contributed by atoms with Crippen molar-refractivity contribution in [2.75, 3.05) is 13.1 Å². The zero-order chi connectivity index (χ0) is 13.4. The lowest BCUT2D eigenvalue weighted by Crippen LogP contribution is -2.43. The van der Waals surface area contributed by atoms with Gasteiger partial charge in [0.1, 0.15) is 0 Å². The molecule has 1 aliphatic heterocycles. The third-order valence-corrected chi connectivity index (χ3v) is 3.49. The van der Waals surface area contributed by atoms with Crippen molar-refractivity contribution in [3.05, 3.63) is 22.9 Å². The molecule has 3 N–H and O–H groups in total. The van der Waals surface area contributed by atoms with Crippen LogP contribution in [-0.4, -0.2) is 43.5 Å². The van der Waals surface area contributed by atoms with Crippen LogP contribution in [0.3, 0.4) is 0 Å². The van der Waals surface area contributed by atoms with Gasteiger partial charge in [0, 0.05) is 31.5 Å². The van der Waals surface area contributed by atoms with Crippen LogP contribution in [0.1, 0.15) is 18.9 Å². The first kappa shape index (κ1) is 11.7. The molecule has 19 heavy (non-hydrogen) atoms. The van der Waals surface area contributed by atoms with Crippen molar-refractivity contribution in [1.29, 1.82) is 0 Å². The number of carbonyl (C=O) groups excluding carboxylic acids is 1. The number of fused-ring (bicyclic) bond motifs is 1. The van der Waals surface area contributed by atoms with Crippen LogP contribution in [0.25, 0.3) is 11.3 Å². The predicted octanol–water partition coefficient (Wildman–Crippen LogP) is -0.165. The molecule has 0 bridgehead atoms. The lowest BCUT2D eigenvalue weighted by Gasteiger charge is -2.30. The molecule has 1 saturated heterocycles. The Balaban J connectivity index is 1.92. The quantitative estimate of drug-likeness (QED) is 0.743. The number of nitrogens with zero attached hydrogens (tertiary/aromatic N) is 4. The Morgan fingerprint density at radius 1 is 1.32 bits per heavy atom. The zero-order valence-electron chi connectivity index (χ0n) is 10.2. The molecule has 2 aromatic rings. The summed E-state index contributed by atoms with van der Waals surface area (Å²) in [7, 11) is 0. The van der Waals surface area contributed by atoms with E-state index in [2.05, 4.69) is 15.0 Å². The molecular formula is C11H14N6O2. The molecule has 0 radical (unpaired) electrons. The Labute approximate surface area is 108 Å². The first-order chi connectivity index (χ1) is 9.16. The average Bonchev–Trinajstić information content (AvgIpc) is 2.74. The van der Waals surface area contributed by atoms with Crippen LogP contribution < -0.4 is 11.4 Å². The van der Waals surface area contributed by atoms with Crippen molar-refractivity contribution in [3.8, 4) is 0 Å². The minimum Gasteiger partial charge on any atom is -0.351 e. The number of primary amides is 1. The number of urea groups is 1. The van der Waals surface area contributed by atoms with Crippen molar-refractivity contribution in [2.24, 2.45) is 5.73 Å². The fourth-order valence-electron chi connectivity index (χ4n) is 2.54. The molecule has 0 unspecified atom stereocenters. The van der Waals surface area contributed by atoms with E-state index in [1.807, 2.05) is 0 Å². The molecule has 2 aromatic heterocycles. The highest BCUT2D eigenvalue weighted by Gasteiger charge is 2.25. The highest BCUT2D eigenvalue weighted by molar-refractivity contribution is 5.72. The number of nitrogens with two attached hydrogens (primary N) is 1. The molecule has 3 heterocycles. The highest BCUT2D eigenvalue weighted by atomic mass is 16.2. The predicted molar refractivity (Wildman–Crippen MR) is 67.6 cm³/mol.